The van der Waals surface area contributed by atoms with Gasteiger partial charge in [0, 0.05) is 0 Å². The number of carbonyl (C=O) groups is 2. The van der Waals surface area contributed by atoms with Gasteiger partial charge in [-0.25, -0.2) is 9.59 Å². The minimum Gasteiger partial charge on any atom is -0.478 e. The number of carboxylic acid groups (broad SMARTS) is 2. The van der Waals surface area contributed by atoms with Crippen molar-refractivity contribution in [2.45, 2.75) is 0 Å². The van der Waals surface area contributed by atoms with Gasteiger partial charge < -0.3 is 10.2 Å². The minimum atomic E-state index is -1.26. The predicted molar refractivity (Wildman–Crippen MR) is 64.9 cm³/mol. The smallest absolute Gasteiger partial charge is 0.337 e. The molecule has 2 N–H and O–H groups in total. The topological polar surface area (TPSA) is 74.6 Å². The summed E-state index contributed by atoms with van der Waals surface area (Å²) in [5.41, 5.74) is -0.441. The van der Waals surface area contributed by atoms with Crippen molar-refractivity contribution in [1.29, 1.82) is 0 Å². The zero-order valence-corrected chi connectivity index (χ0v) is 10.6. The molecule has 90 valence electrons. The summed E-state index contributed by atoms with van der Waals surface area (Å²) in [6, 6.07) is 2.02. The fourth-order valence-electron chi connectivity index (χ4n) is 0.875. The van der Waals surface area contributed by atoms with Gasteiger partial charge in [-0.05, 0) is 12.1 Å². The van der Waals surface area contributed by atoms with E-state index < -0.39 is 11.9 Å². The van der Waals surface area contributed by atoms with Crippen LogP contribution in [0.4, 0.5) is 0 Å². The van der Waals surface area contributed by atoms with E-state index in [9.17, 15) is 9.59 Å². The number of hydrogen-bond acceptors (Lipinski definition) is 2. The van der Waals surface area contributed by atoms with E-state index in [1.165, 1.54) is 0 Å². The quantitative estimate of drug-likeness (QED) is 0.879. The number of aromatic carboxylic acids is 2. The second-order valence-electron chi connectivity index (χ2n) is 2.42. The predicted octanol–water partition coefficient (Wildman–Crippen LogP) is 3.23. The van der Waals surface area contributed by atoms with Crippen molar-refractivity contribution >= 4 is 60.0 Å². The van der Waals surface area contributed by atoms with Crippen LogP contribution in [0.25, 0.3) is 0 Å². The Labute approximate surface area is 113 Å². The van der Waals surface area contributed by atoms with Crippen molar-refractivity contribution in [2.24, 2.45) is 0 Å². The van der Waals surface area contributed by atoms with E-state index >= 15 is 0 Å². The Bertz CT molecular complexity index is 379. The van der Waals surface area contributed by atoms with Gasteiger partial charge in [0.1, 0.15) is 0 Å². The third-order valence-electron chi connectivity index (χ3n) is 1.52. The second-order valence-corrected chi connectivity index (χ2v) is 3.24. The Kier molecular flexibility index (Phi) is 7.53. The number of hydrogen-bond donors (Lipinski definition) is 2. The molecule has 0 aliphatic carbocycles. The summed E-state index contributed by atoms with van der Waals surface area (Å²) in [6.45, 7) is 0. The molecule has 0 saturated heterocycles. The van der Waals surface area contributed by atoms with Crippen molar-refractivity contribution in [3.05, 3.63) is 33.3 Å². The standard InChI is InChI=1S/C8H4Cl2O4.2ClH/c9-5-1-3(7(11)12)6(10)2-4(5)8(13)14;;/h1-2H,(H,11,12)(H,13,14);2*1H. The van der Waals surface area contributed by atoms with Crippen LogP contribution < -0.4 is 0 Å². The van der Waals surface area contributed by atoms with Crippen LogP contribution in [0.1, 0.15) is 20.7 Å². The maximum Gasteiger partial charge on any atom is 0.337 e. The van der Waals surface area contributed by atoms with Crippen molar-refractivity contribution in [3.63, 3.8) is 0 Å². The first-order valence-corrected chi connectivity index (χ1v) is 4.14. The van der Waals surface area contributed by atoms with Gasteiger partial charge in [-0.2, -0.15) is 0 Å². The summed E-state index contributed by atoms with van der Waals surface area (Å²) >= 11 is 11.1. The Balaban J connectivity index is 0. The summed E-state index contributed by atoms with van der Waals surface area (Å²) < 4.78 is 0. The van der Waals surface area contributed by atoms with E-state index in [1.54, 1.807) is 0 Å². The summed E-state index contributed by atoms with van der Waals surface area (Å²) in [6.07, 6.45) is 0. The Morgan fingerprint density at radius 3 is 1.31 bits per heavy atom. The summed E-state index contributed by atoms with van der Waals surface area (Å²) in [7, 11) is 0. The largest absolute Gasteiger partial charge is 0.478 e. The van der Waals surface area contributed by atoms with E-state index in [-0.39, 0.29) is 46.0 Å². The lowest BCUT2D eigenvalue weighted by atomic mass is 10.1. The molecular weight excluding hydrogens is 302 g/mol. The zero-order valence-electron chi connectivity index (χ0n) is 7.44. The normalized spacial score (nSPS) is 8.62. The third kappa shape index (κ3) is 3.72. The maximum atomic E-state index is 10.6. The van der Waals surface area contributed by atoms with Crippen molar-refractivity contribution in [3.8, 4) is 0 Å². The van der Waals surface area contributed by atoms with Gasteiger partial charge in [0.25, 0.3) is 0 Å². The summed E-state index contributed by atoms with van der Waals surface area (Å²) in [4.78, 5) is 21.1. The van der Waals surface area contributed by atoms with Crippen LogP contribution in [0.15, 0.2) is 12.1 Å². The SMILES string of the molecule is Cl.Cl.O=C(O)c1cc(Cl)c(C(=O)O)cc1Cl. The van der Waals surface area contributed by atoms with Crippen LogP contribution in [0.5, 0.6) is 0 Å². The lowest BCUT2D eigenvalue weighted by molar-refractivity contribution is 0.0681. The molecule has 0 fully saturated rings. The highest BCUT2D eigenvalue weighted by molar-refractivity contribution is 6.37. The first-order valence-electron chi connectivity index (χ1n) is 3.39. The maximum absolute atomic E-state index is 10.6. The molecule has 0 unspecified atom stereocenters. The van der Waals surface area contributed by atoms with E-state index in [1.807, 2.05) is 0 Å². The van der Waals surface area contributed by atoms with Crippen LogP contribution in [0, 0.1) is 0 Å². The van der Waals surface area contributed by atoms with E-state index in [0.29, 0.717) is 0 Å². The minimum absolute atomic E-state index is 0. The van der Waals surface area contributed by atoms with Gasteiger partial charge >= 0.3 is 11.9 Å². The van der Waals surface area contributed by atoms with Gasteiger partial charge in [-0.3, -0.25) is 0 Å². The Morgan fingerprint density at radius 1 is 0.875 bits per heavy atom. The highest BCUT2D eigenvalue weighted by Crippen LogP contribution is 2.25. The van der Waals surface area contributed by atoms with Crippen molar-refractivity contribution < 1.29 is 19.8 Å². The molecule has 0 bridgehead atoms. The molecule has 0 atom stereocenters. The average Bonchev–Trinajstić information content (AvgIpc) is 2.07. The molecule has 0 aromatic heterocycles. The van der Waals surface area contributed by atoms with Crippen LogP contribution >= 0.6 is 48.0 Å². The van der Waals surface area contributed by atoms with Gasteiger partial charge in [-0.15, -0.1) is 24.8 Å². The number of rotatable bonds is 2. The lowest BCUT2D eigenvalue weighted by Crippen LogP contribution is -2.02. The molecule has 0 amide bonds. The molecule has 4 nitrogen and oxygen atoms in total. The van der Waals surface area contributed by atoms with E-state index in [0.717, 1.165) is 12.1 Å². The second kappa shape index (κ2) is 6.81. The van der Waals surface area contributed by atoms with Gasteiger partial charge in [0.15, 0.2) is 0 Å². The summed E-state index contributed by atoms with van der Waals surface area (Å²) in [5, 5.41) is 17.0. The van der Waals surface area contributed by atoms with Crippen LogP contribution in [0.3, 0.4) is 0 Å². The molecule has 1 rings (SSSR count). The van der Waals surface area contributed by atoms with E-state index in [4.69, 9.17) is 33.4 Å². The lowest BCUT2D eigenvalue weighted by Gasteiger charge is -2.02. The molecule has 0 spiro atoms. The molecule has 0 heterocycles. The first-order chi connectivity index (χ1) is 6.43. The third-order valence-corrected chi connectivity index (χ3v) is 2.14. The molecule has 1 aromatic rings. The molecular formula is C8H6Cl4O4. The van der Waals surface area contributed by atoms with Crippen LogP contribution in [0.2, 0.25) is 10.0 Å². The molecule has 0 aliphatic heterocycles. The highest BCUT2D eigenvalue weighted by Gasteiger charge is 2.16. The fourth-order valence-corrected chi connectivity index (χ4v) is 1.36. The zero-order chi connectivity index (χ0) is 10.9. The molecule has 16 heavy (non-hydrogen) atoms. The fraction of sp³-hybridized carbons (Fsp3) is 0. The van der Waals surface area contributed by atoms with E-state index in [2.05, 4.69) is 0 Å². The Hall–Kier alpha value is -0.680. The van der Waals surface area contributed by atoms with Crippen molar-refractivity contribution in [1.82, 2.24) is 0 Å². The number of carboxylic acids is 2. The molecule has 0 saturated carbocycles. The number of halogens is 4. The highest BCUT2D eigenvalue weighted by atomic mass is 35.5. The molecule has 1 aromatic carbocycles. The Morgan fingerprint density at radius 2 is 1.12 bits per heavy atom. The first kappa shape index (κ1) is 17.7. The van der Waals surface area contributed by atoms with Crippen molar-refractivity contribution in [2.75, 3.05) is 0 Å². The monoisotopic (exact) mass is 306 g/mol. The summed E-state index contributed by atoms with van der Waals surface area (Å²) in [5.74, 6) is -2.51. The van der Waals surface area contributed by atoms with Crippen LogP contribution in [-0.2, 0) is 0 Å². The van der Waals surface area contributed by atoms with Gasteiger partial charge in [-0.1, -0.05) is 23.2 Å². The van der Waals surface area contributed by atoms with Gasteiger partial charge in [0.2, 0.25) is 0 Å². The van der Waals surface area contributed by atoms with Gasteiger partial charge in [0.05, 0.1) is 21.2 Å². The van der Waals surface area contributed by atoms with Crippen LogP contribution in [-0.4, -0.2) is 22.2 Å². The average molecular weight is 308 g/mol. The molecule has 0 radical (unpaired) electrons. The molecule has 8 heteroatoms. The number of benzene rings is 1. The molecule has 0 aliphatic rings.